The van der Waals surface area contributed by atoms with Gasteiger partial charge in [0, 0.05) is 16.6 Å². The van der Waals surface area contributed by atoms with Crippen LogP contribution in [-0.2, 0) is 23.9 Å². The maximum absolute atomic E-state index is 13.2. The number of carboxylic acid groups (broad SMARTS) is 1. The number of aliphatic carboxylic acids is 1. The second kappa shape index (κ2) is 6.83. The Morgan fingerprint density at radius 1 is 1.24 bits per heavy atom. The number of hydrogen-bond acceptors (Lipinski definition) is 6. The lowest BCUT2D eigenvalue weighted by molar-refractivity contribution is -0.252. The summed E-state index contributed by atoms with van der Waals surface area (Å²) < 4.78 is 10.7. The van der Waals surface area contributed by atoms with Gasteiger partial charge in [0.15, 0.2) is 0 Å². The van der Waals surface area contributed by atoms with E-state index in [1.807, 2.05) is 6.92 Å². The number of hydrogen-bond donors (Lipinski definition) is 2. The molecule has 7 nitrogen and oxygen atoms in total. The summed E-state index contributed by atoms with van der Waals surface area (Å²) >= 11 is 0. The summed E-state index contributed by atoms with van der Waals surface area (Å²) in [6.07, 6.45) is 8.16. The molecule has 0 unspecified atom stereocenters. The minimum atomic E-state index is -1.37. The topological polar surface area (TPSA) is 110 Å². The summed E-state index contributed by atoms with van der Waals surface area (Å²) in [5, 5.41) is 21.0. The van der Waals surface area contributed by atoms with Gasteiger partial charge in [-0.3, -0.25) is 4.79 Å². The van der Waals surface area contributed by atoms with E-state index in [1.54, 1.807) is 25.2 Å². The van der Waals surface area contributed by atoms with Crippen LogP contribution in [0.5, 0.6) is 0 Å². The standard InChI is InChI=1S/C22H28O7/c1-14(16(23)24)6-5-9-20(3)19(2)12-13-21(18(26)29-20)10-7-15(17(25)28-4)8-11-22(19,21)27/h5-7,9,27H,8,10-13H2,1-4H3,(H,23,24)/b9-5+,14-6+/t19-,20+,21+,22-/m0/s1. The molecule has 1 heterocycles. The third kappa shape index (κ3) is 2.78. The number of carbonyl (C=O) groups is 3. The molecule has 2 fully saturated rings. The van der Waals surface area contributed by atoms with Gasteiger partial charge in [0.2, 0.25) is 0 Å². The number of ether oxygens (including phenoxy) is 2. The van der Waals surface area contributed by atoms with E-state index in [0.29, 0.717) is 24.8 Å². The molecule has 0 amide bonds. The van der Waals surface area contributed by atoms with Gasteiger partial charge >= 0.3 is 17.9 Å². The molecule has 7 heteroatoms. The Bertz CT molecular complexity index is 853. The Morgan fingerprint density at radius 3 is 2.55 bits per heavy atom. The highest BCUT2D eigenvalue weighted by Gasteiger charge is 2.77. The largest absolute Gasteiger partial charge is 0.478 e. The molecule has 3 aliphatic rings. The molecule has 0 spiro atoms. The quantitative estimate of drug-likeness (QED) is 0.421. The van der Waals surface area contributed by atoms with Gasteiger partial charge < -0.3 is 19.7 Å². The normalized spacial score (nSPS) is 39.4. The van der Waals surface area contributed by atoms with E-state index in [0.717, 1.165) is 0 Å². The highest BCUT2D eigenvalue weighted by Crippen LogP contribution is 2.69. The van der Waals surface area contributed by atoms with Crippen LogP contribution < -0.4 is 0 Å². The van der Waals surface area contributed by atoms with Gasteiger partial charge in [-0.25, -0.2) is 9.59 Å². The minimum Gasteiger partial charge on any atom is -0.478 e. The number of methoxy groups -OCH3 is 1. The summed E-state index contributed by atoms with van der Waals surface area (Å²) in [7, 11) is 1.31. The van der Waals surface area contributed by atoms with Crippen LogP contribution in [0.1, 0.15) is 52.9 Å². The number of carbonyl (C=O) groups excluding carboxylic acids is 2. The number of cyclic esters (lactones) is 1. The van der Waals surface area contributed by atoms with E-state index in [9.17, 15) is 19.5 Å². The Labute approximate surface area is 170 Å². The van der Waals surface area contributed by atoms with Crippen LogP contribution in [0, 0.1) is 10.8 Å². The zero-order valence-electron chi connectivity index (χ0n) is 17.3. The van der Waals surface area contributed by atoms with Crippen molar-refractivity contribution in [1.82, 2.24) is 0 Å². The van der Waals surface area contributed by atoms with E-state index >= 15 is 0 Å². The Hall–Kier alpha value is -2.41. The molecule has 2 N–H and O–H groups in total. The maximum atomic E-state index is 13.2. The maximum Gasteiger partial charge on any atom is 0.333 e. The molecule has 0 aromatic carbocycles. The van der Waals surface area contributed by atoms with Crippen molar-refractivity contribution >= 4 is 17.9 Å². The molecular weight excluding hydrogens is 376 g/mol. The lowest BCUT2D eigenvalue weighted by atomic mass is 9.55. The van der Waals surface area contributed by atoms with E-state index in [1.165, 1.54) is 20.1 Å². The first-order chi connectivity index (χ1) is 13.5. The van der Waals surface area contributed by atoms with Crippen LogP contribution in [0.15, 0.2) is 35.5 Å². The van der Waals surface area contributed by atoms with Crippen molar-refractivity contribution in [2.45, 2.75) is 64.1 Å². The van der Waals surface area contributed by atoms with Crippen molar-refractivity contribution in [3.05, 3.63) is 35.5 Å². The highest BCUT2D eigenvalue weighted by molar-refractivity contribution is 5.89. The van der Waals surface area contributed by atoms with Gasteiger partial charge in [0.1, 0.15) is 11.0 Å². The Morgan fingerprint density at radius 2 is 1.93 bits per heavy atom. The van der Waals surface area contributed by atoms with Crippen molar-refractivity contribution in [1.29, 1.82) is 0 Å². The summed E-state index contributed by atoms with van der Waals surface area (Å²) in [5.74, 6) is -1.96. The third-order valence-electron chi connectivity index (χ3n) is 7.55. The minimum absolute atomic E-state index is 0.151. The van der Waals surface area contributed by atoms with E-state index < -0.39 is 39.9 Å². The molecule has 1 aliphatic heterocycles. The molecular formula is C22H28O7. The molecule has 0 aromatic rings. The zero-order valence-corrected chi connectivity index (χ0v) is 17.3. The summed E-state index contributed by atoms with van der Waals surface area (Å²) in [4.78, 5) is 36.3. The molecule has 2 bridgehead atoms. The lowest BCUT2D eigenvalue weighted by Gasteiger charge is -2.58. The number of rotatable bonds is 4. The number of carboxylic acids is 1. The van der Waals surface area contributed by atoms with E-state index in [-0.39, 0.29) is 18.4 Å². The fourth-order valence-corrected chi connectivity index (χ4v) is 5.30. The first-order valence-electron chi connectivity index (χ1n) is 9.79. The summed E-state index contributed by atoms with van der Waals surface area (Å²) in [6.45, 7) is 5.13. The van der Waals surface area contributed by atoms with Gasteiger partial charge in [0.25, 0.3) is 0 Å². The van der Waals surface area contributed by atoms with E-state index in [2.05, 4.69) is 0 Å². The van der Waals surface area contributed by atoms with E-state index in [4.69, 9.17) is 14.6 Å². The molecule has 2 aliphatic carbocycles. The fraction of sp³-hybridized carbons (Fsp3) is 0.591. The van der Waals surface area contributed by atoms with Crippen LogP contribution in [0.4, 0.5) is 0 Å². The SMILES string of the molecule is COC(=O)C1=CC[C@]23CC[C@](C)([C@@]2(O)CC1)[C@@](C)(/C=C/C=C(\C)C(=O)O)OC3=O. The van der Waals surface area contributed by atoms with Crippen LogP contribution >= 0.6 is 0 Å². The number of esters is 2. The predicted octanol–water partition coefficient (Wildman–Crippen LogP) is 2.69. The number of aliphatic hydroxyl groups is 1. The van der Waals surface area contributed by atoms with Crippen LogP contribution in [0.2, 0.25) is 0 Å². The molecule has 158 valence electrons. The van der Waals surface area contributed by atoms with Gasteiger partial charge in [-0.05, 0) is 52.0 Å². The van der Waals surface area contributed by atoms with Gasteiger partial charge in [-0.1, -0.05) is 25.2 Å². The van der Waals surface area contributed by atoms with Crippen LogP contribution in [0.3, 0.4) is 0 Å². The molecule has 3 rings (SSSR count). The van der Waals surface area contributed by atoms with Crippen molar-refractivity contribution < 1.29 is 34.1 Å². The smallest absolute Gasteiger partial charge is 0.333 e. The van der Waals surface area contributed by atoms with Crippen molar-refractivity contribution in [3.8, 4) is 0 Å². The average molecular weight is 404 g/mol. The molecule has 0 aromatic heterocycles. The van der Waals surface area contributed by atoms with Gasteiger partial charge in [0.05, 0.1) is 12.7 Å². The lowest BCUT2D eigenvalue weighted by Crippen LogP contribution is -2.69. The van der Waals surface area contributed by atoms with Gasteiger partial charge in [-0.2, -0.15) is 0 Å². The first kappa shape index (κ1) is 21.3. The predicted molar refractivity (Wildman–Crippen MR) is 104 cm³/mol. The summed E-state index contributed by atoms with van der Waals surface area (Å²) in [6, 6.07) is 0. The Kier molecular flexibility index (Phi) is 5.02. The summed E-state index contributed by atoms with van der Waals surface area (Å²) in [5.41, 5.74) is -3.77. The monoisotopic (exact) mass is 404 g/mol. The highest BCUT2D eigenvalue weighted by atomic mass is 16.6. The average Bonchev–Trinajstić information content (AvgIpc) is 2.76. The van der Waals surface area contributed by atoms with Crippen LogP contribution in [0.25, 0.3) is 0 Å². The molecule has 0 radical (unpaired) electrons. The van der Waals surface area contributed by atoms with Gasteiger partial charge in [-0.15, -0.1) is 0 Å². The molecule has 4 atom stereocenters. The third-order valence-corrected chi connectivity index (χ3v) is 7.55. The van der Waals surface area contributed by atoms with Crippen molar-refractivity contribution in [2.75, 3.05) is 7.11 Å². The fourth-order valence-electron chi connectivity index (χ4n) is 5.30. The molecule has 29 heavy (non-hydrogen) atoms. The number of allylic oxidation sites excluding steroid dienone is 3. The first-order valence-corrected chi connectivity index (χ1v) is 9.79. The van der Waals surface area contributed by atoms with Crippen LogP contribution in [-0.4, -0.2) is 46.4 Å². The Balaban J connectivity index is 2.03. The second-order valence-corrected chi connectivity index (χ2v) is 8.71. The molecule has 1 saturated heterocycles. The molecule has 1 saturated carbocycles. The van der Waals surface area contributed by atoms with Crippen molar-refractivity contribution in [2.24, 2.45) is 10.8 Å². The van der Waals surface area contributed by atoms with Crippen molar-refractivity contribution in [3.63, 3.8) is 0 Å². The second-order valence-electron chi connectivity index (χ2n) is 8.71. The zero-order chi connectivity index (χ0) is 21.7.